The van der Waals surface area contributed by atoms with Crippen LogP contribution in [0.1, 0.15) is 10.6 Å². The quantitative estimate of drug-likeness (QED) is 0.783. The Balaban J connectivity index is 1.77. The van der Waals surface area contributed by atoms with Crippen LogP contribution in [0.3, 0.4) is 0 Å². The molecule has 0 unspecified atom stereocenters. The highest BCUT2D eigenvalue weighted by Crippen LogP contribution is 2.38. The third-order valence-corrected chi connectivity index (χ3v) is 5.33. The second-order valence-corrected chi connectivity index (χ2v) is 7.22. The molecular weight excluding hydrogens is 348 g/mol. The van der Waals surface area contributed by atoms with Gasteiger partial charge in [0, 0.05) is 10.2 Å². The van der Waals surface area contributed by atoms with Gasteiger partial charge in [-0.2, -0.15) is 0 Å². The number of aryl methyl sites for hydroxylation is 1. The van der Waals surface area contributed by atoms with Crippen molar-refractivity contribution in [3.63, 3.8) is 0 Å². The van der Waals surface area contributed by atoms with Gasteiger partial charge < -0.3 is 9.47 Å². The van der Waals surface area contributed by atoms with E-state index in [1.54, 1.807) is 23.1 Å². The van der Waals surface area contributed by atoms with Gasteiger partial charge in [-0.05, 0) is 24.6 Å². The second kappa shape index (κ2) is 5.68. The van der Waals surface area contributed by atoms with E-state index in [0.717, 1.165) is 31.1 Å². The maximum atomic E-state index is 5.59. The molecule has 2 heterocycles. The molecule has 1 aliphatic heterocycles. The van der Waals surface area contributed by atoms with Crippen LogP contribution in [0.5, 0.6) is 11.5 Å². The Hall–Kier alpha value is -0.790. The number of hydrogen-bond donors (Lipinski definition) is 0. The molecule has 0 N–H and O–H groups in total. The van der Waals surface area contributed by atoms with E-state index in [2.05, 4.69) is 26.1 Å². The third kappa shape index (κ3) is 3.04. The predicted molar refractivity (Wildman–Crippen MR) is 79.3 cm³/mol. The van der Waals surface area contributed by atoms with Crippen LogP contribution in [-0.4, -0.2) is 23.4 Å². The van der Waals surface area contributed by atoms with E-state index in [1.807, 2.05) is 19.1 Å². The molecule has 3 rings (SSSR count). The minimum Gasteiger partial charge on any atom is -0.486 e. The van der Waals surface area contributed by atoms with Gasteiger partial charge in [-0.25, -0.2) is 0 Å². The number of hydrogen-bond acceptors (Lipinski definition) is 6. The van der Waals surface area contributed by atoms with Gasteiger partial charge in [-0.1, -0.05) is 39.0 Å². The van der Waals surface area contributed by atoms with Crippen molar-refractivity contribution in [2.75, 3.05) is 13.2 Å². The van der Waals surface area contributed by atoms with Crippen LogP contribution in [-0.2, 0) is 5.75 Å². The standard InChI is InChI=1S/C12H11BrN2O2S2/c1-7-14-15-12(19-7)18-6-8-4-10-11(5-9(8)13)17-3-2-16-10/h4-5H,2-3,6H2,1H3. The molecule has 0 saturated carbocycles. The number of rotatable bonds is 3. The van der Waals surface area contributed by atoms with E-state index >= 15 is 0 Å². The summed E-state index contributed by atoms with van der Waals surface area (Å²) in [5.74, 6) is 2.45. The van der Waals surface area contributed by atoms with Gasteiger partial charge in [-0.15, -0.1) is 10.2 Å². The van der Waals surface area contributed by atoms with E-state index in [4.69, 9.17) is 9.47 Å². The van der Waals surface area contributed by atoms with Gasteiger partial charge in [0.2, 0.25) is 0 Å². The van der Waals surface area contributed by atoms with Gasteiger partial charge in [-0.3, -0.25) is 0 Å². The summed E-state index contributed by atoms with van der Waals surface area (Å²) in [4.78, 5) is 0. The van der Waals surface area contributed by atoms with E-state index in [1.165, 1.54) is 5.56 Å². The Labute approximate surface area is 127 Å². The summed E-state index contributed by atoms with van der Waals surface area (Å²) in [5, 5.41) is 9.11. The lowest BCUT2D eigenvalue weighted by molar-refractivity contribution is 0.171. The Morgan fingerprint density at radius 3 is 2.68 bits per heavy atom. The number of aromatic nitrogens is 2. The fourth-order valence-electron chi connectivity index (χ4n) is 1.69. The Morgan fingerprint density at radius 1 is 1.26 bits per heavy atom. The molecule has 1 aliphatic rings. The zero-order valence-corrected chi connectivity index (χ0v) is 13.4. The Bertz CT molecular complexity index is 603. The summed E-state index contributed by atoms with van der Waals surface area (Å²) in [5.41, 5.74) is 1.17. The molecule has 7 heteroatoms. The molecule has 19 heavy (non-hydrogen) atoms. The summed E-state index contributed by atoms with van der Waals surface area (Å²) in [6, 6.07) is 4.00. The lowest BCUT2D eigenvalue weighted by atomic mass is 10.2. The molecular formula is C12H11BrN2O2S2. The molecule has 2 aromatic rings. The molecule has 100 valence electrons. The van der Waals surface area contributed by atoms with E-state index in [0.29, 0.717) is 13.2 Å². The topological polar surface area (TPSA) is 44.2 Å². The summed E-state index contributed by atoms with van der Waals surface area (Å²) in [6.45, 7) is 3.18. The summed E-state index contributed by atoms with van der Waals surface area (Å²) in [6.07, 6.45) is 0. The average molecular weight is 359 g/mol. The van der Waals surface area contributed by atoms with Gasteiger partial charge in [0.25, 0.3) is 0 Å². The first kappa shape index (κ1) is 13.2. The molecule has 0 aliphatic carbocycles. The summed E-state index contributed by atoms with van der Waals surface area (Å²) in [7, 11) is 0. The Kier molecular flexibility index (Phi) is 3.95. The SMILES string of the molecule is Cc1nnc(SCc2cc3c(cc2Br)OCCO3)s1. The number of nitrogens with zero attached hydrogens (tertiary/aromatic N) is 2. The van der Waals surface area contributed by atoms with Crippen molar-refractivity contribution in [1.82, 2.24) is 10.2 Å². The van der Waals surface area contributed by atoms with Gasteiger partial charge >= 0.3 is 0 Å². The third-order valence-electron chi connectivity index (χ3n) is 2.57. The molecule has 1 aromatic carbocycles. The van der Waals surface area contributed by atoms with E-state index < -0.39 is 0 Å². The Morgan fingerprint density at radius 2 is 2.00 bits per heavy atom. The summed E-state index contributed by atoms with van der Waals surface area (Å²) >= 11 is 6.86. The summed E-state index contributed by atoms with van der Waals surface area (Å²) < 4.78 is 13.2. The first-order valence-corrected chi connectivity index (χ1v) is 8.33. The monoisotopic (exact) mass is 358 g/mol. The maximum Gasteiger partial charge on any atom is 0.174 e. The fraction of sp³-hybridized carbons (Fsp3) is 0.333. The van der Waals surface area contributed by atoms with Crippen molar-refractivity contribution in [2.45, 2.75) is 17.0 Å². The van der Waals surface area contributed by atoms with Crippen molar-refractivity contribution < 1.29 is 9.47 Å². The van der Waals surface area contributed by atoms with Crippen molar-refractivity contribution in [3.8, 4) is 11.5 Å². The first-order valence-electron chi connectivity index (χ1n) is 5.73. The molecule has 0 bridgehead atoms. The lowest BCUT2D eigenvalue weighted by Crippen LogP contribution is -2.15. The number of thioether (sulfide) groups is 1. The van der Waals surface area contributed by atoms with Crippen LogP contribution in [0.2, 0.25) is 0 Å². The largest absolute Gasteiger partial charge is 0.486 e. The highest BCUT2D eigenvalue weighted by atomic mass is 79.9. The normalized spacial score (nSPS) is 13.6. The molecule has 0 spiro atoms. The van der Waals surface area contributed by atoms with Gasteiger partial charge in [0.15, 0.2) is 15.8 Å². The van der Waals surface area contributed by atoms with Crippen LogP contribution in [0.4, 0.5) is 0 Å². The molecule has 0 atom stereocenters. The van der Waals surface area contributed by atoms with Gasteiger partial charge in [0.1, 0.15) is 18.2 Å². The second-order valence-electron chi connectivity index (χ2n) is 3.96. The average Bonchev–Trinajstić information content (AvgIpc) is 2.82. The van der Waals surface area contributed by atoms with Crippen LogP contribution in [0.25, 0.3) is 0 Å². The van der Waals surface area contributed by atoms with E-state index in [-0.39, 0.29) is 0 Å². The molecule has 4 nitrogen and oxygen atoms in total. The van der Waals surface area contributed by atoms with Crippen LogP contribution in [0.15, 0.2) is 20.9 Å². The predicted octanol–water partition coefficient (Wildman–Crippen LogP) is 3.67. The molecule has 0 radical (unpaired) electrons. The fourth-order valence-corrected chi connectivity index (χ4v) is 4.15. The van der Waals surface area contributed by atoms with Crippen molar-refractivity contribution in [3.05, 3.63) is 27.2 Å². The smallest absolute Gasteiger partial charge is 0.174 e. The number of ether oxygens (including phenoxy) is 2. The molecule has 0 saturated heterocycles. The number of fused-ring (bicyclic) bond motifs is 1. The molecule has 0 fully saturated rings. The molecule has 1 aromatic heterocycles. The zero-order valence-electron chi connectivity index (χ0n) is 10.2. The van der Waals surface area contributed by atoms with Gasteiger partial charge in [0.05, 0.1) is 0 Å². The van der Waals surface area contributed by atoms with Crippen LogP contribution < -0.4 is 9.47 Å². The highest BCUT2D eigenvalue weighted by molar-refractivity contribution is 9.10. The number of benzene rings is 1. The molecule has 0 amide bonds. The number of halogens is 1. The first-order chi connectivity index (χ1) is 9.22. The maximum absolute atomic E-state index is 5.59. The van der Waals surface area contributed by atoms with Crippen LogP contribution >= 0.6 is 39.0 Å². The minimum atomic E-state index is 0.608. The lowest BCUT2D eigenvalue weighted by Gasteiger charge is -2.19. The van der Waals surface area contributed by atoms with Crippen molar-refractivity contribution in [1.29, 1.82) is 0 Å². The van der Waals surface area contributed by atoms with E-state index in [9.17, 15) is 0 Å². The zero-order chi connectivity index (χ0) is 13.2. The van der Waals surface area contributed by atoms with Crippen LogP contribution in [0, 0.1) is 6.92 Å². The highest BCUT2D eigenvalue weighted by Gasteiger charge is 2.15. The van der Waals surface area contributed by atoms with Crippen molar-refractivity contribution >= 4 is 39.0 Å². The minimum absolute atomic E-state index is 0.608. The van der Waals surface area contributed by atoms with Crippen molar-refractivity contribution in [2.24, 2.45) is 0 Å².